The molecule has 0 bridgehead atoms. The molecule has 1 aliphatic heterocycles. The first-order valence-corrected chi connectivity index (χ1v) is 7.33. The number of carbonyl (C=O) groups is 2. The molecule has 1 saturated heterocycles. The minimum Gasteiger partial charge on any atom is -0.467 e. The minimum atomic E-state index is -0.908. The SMILES string of the molecule is CCC(=O)N(c1ccccc1)C1(C(=O)OC)CCNCC1.Cl. The van der Waals surface area contributed by atoms with Crippen molar-refractivity contribution in [2.24, 2.45) is 0 Å². The van der Waals surface area contributed by atoms with Crippen LogP contribution in [0.25, 0.3) is 0 Å². The molecule has 0 unspecified atom stereocenters. The van der Waals surface area contributed by atoms with Crippen LogP contribution in [0.3, 0.4) is 0 Å². The van der Waals surface area contributed by atoms with Crippen LogP contribution in [0, 0.1) is 0 Å². The first kappa shape index (κ1) is 18.5. The van der Waals surface area contributed by atoms with Crippen LogP contribution < -0.4 is 10.2 Å². The van der Waals surface area contributed by atoms with Crippen LogP contribution in [-0.2, 0) is 14.3 Å². The Balaban J connectivity index is 0.00000242. The molecular formula is C16H23ClN2O3. The van der Waals surface area contributed by atoms with Crippen molar-refractivity contribution in [3.05, 3.63) is 30.3 Å². The number of nitrogens with zero attached hydrogens (tertiary/aromatic N) is 1. The highest BCUT2D eigenvalue weighted by atomic mass is 35.5. The van der Waals surface area contributed by atoms with Crippen LogP contribution >= 0.6 is 12.4 Å². The van der Waals surface area contributed by atoms with Crippen molar-refractivity contribution in [3.8, 4) is 0 Å². The van der Waals surface area contributed by atoms with Crippen molar-refractivity contribution in [1.82, 2.24) is 5.32 Å². The molecule has 1 aliphatic rings. The maximum absolute atomic E-state index is 12.5. The van der Waals surface area contributed by atoms with Crippen molar-refractivity contribution in [3.63, 3.8) is 0 Å². The summed E-state index contributed by atoms with van der Waals surface area (Å²) in [5, 5.41) is 3.24. The highest BCUT2D eigenvalue weighted by Crippen LogP contribution is 2.33. The van der Waals surface area contributed by atoms with E-state index in [-0.39, 0.29) is 24.3 Å². The molecule has 5 nitrogen and oxygen atoms in total. The fourth-order valence-electron chi connectivity index (χ4n) is 2.91. The molecule has 1 amide bonds. The fourth-order valence-corrected chi connectivity index (χ4v) is 2.91. The Labute approximate surface area is 137 Å². The summed E-state index contributed by atoms with van der Waals surface area (Å²) in [5.74, 6) is -0.400. The summed E-state index contributed by atoms with van der Waals surface area (Å²) >= 11 is 0. The van der Waals surface area contributed by atoms with Crippen molar-refractivity contribution >= 4 is 30.0 Å². The van der Waals surface area contributed by atoms with Crippen LogP contribution in [0.5, 0.6) is 0 Å². The van der Waals surface area contributed by atoms with Crippen molar-refractivity contribution in [1.29, 1.82) is 0 Å². The number of nitrogens with one attached hydrogen (secondary N) is 1. The van der Waals surface area contributed by atoms with Crippen LogP contribution in [0.15, 0.2) is 30.3 Å². The van der Waals surface area contributed by atoms with Gasteiger partial charge >= 0.3 is 5.97 Å². The van der Waals surface area contributed by atoms with E-state index in [1.165, 1.54) is 7.11 Å². The molecule has 0 radical (unpaired) electrons. The molecule has 0 saturated carbocycles. The number of hydrogen-bond acceptors (Lipinski definition) is 4. The second kappa shape index (κ2) is 8.15. The van der Waals surface area contributed by atoms with Crippen LogP contribution in [0.1, 0.15) is 26.2 Å². The number of para-hydroxylation sites is 1. The number of amides is 1. The summed E-state index contributed by atoms with van der Waals surface area (Å²) < 4.78 is 5.03. The van der Waals surface area contributed by atoms with Gasteiger partial charge in [-0.25, -0.2) is 4.79 Å². The number of anilines is 1. The Morgan fingerprint density at radius 3 is 2.32 bits per heavy atom. The molecule has 0 spiro atoms. The van der Waals surface area contributed by atoms with Gasteiger partial charge in [0.25, 0.3) is 0 Å². The molecule has 6 heteroatoms. The zero-order valence-electron chi connectivity index (χ0n) is 13.0. The van der Waals surface area contributed by atoms with E-state index in [4.69, 9.17) is 4.74 Å². The first-order valence-electron chi connectivity index (χ1n) is 7.33. The van der Waals surface area contributed by atoms with Gasteiger partial charge in [0, 0.05) is 12.1 Å². The monoisotopic (exact) mass is 326 g/mol. The maximum Gasteiger partial charge on any atom is 0.332 e. The minimum absolute atomic E-state index is 0. The van der Waals surface area contributed by atoms with E-state index in [9.17, 15) is 9.59 Å². The average molecular weight is 327 g/mol. The number of carbonyl (C=O) groups excluding carboxylic acids is 2. The molecule has 2 rings (SSSR count). The predicted molar refractivity (Wildman–Crippen MR) is 88.3 cm³/mol. The highest BCUT2D eigenvalue weighted by Gasteiger charge is 2.48. The summed E-state index contributed by atoms with van der Waals surface area (Å²) in [6.07, 6.45) is 1.46. The second-order valence-corrected chi connectivity index (χ2v) is 5.19. The summed E-state index contributed by atoms with van der Waals surface area (Å²) in [5.41, 5.74) is -0.161. The van der Waals surface area contributed by atoms with E-state index in [2.05, 4.69) is 5.32 Å². The Morgan fingerprint density at radius 1 is 1.23 bits per heavy atom. The van der Waals surface area contributed by atoms with E-state index in [0.29, 0.717) is 32.4 Å². The average Bonchev–Trinajstić information content (AvgIpc) is 2.55. The van der Waals surface area contributed by atoms with Crippen LogP contribution in [0.4, 0.5) is 5.69 Å². The number of halogens is 1. The normalized spacial score (nSPS) is 16.3. The lowest BCUT2D eigenvalue weighted by molar-refractivity contribution is -0.150. The third-order valence-electron chi connectivity index (χ3n) is 3.99. The summed E-state index contributed by atoms with van der Waals surface area (Å²) in [7, 11) is 1.38. The summed E-state index contributed by atoms with van der Waals surface area (Å²) in [6, 6.07) is 9.36. The van der Waals surface area contributed by atoms with Gasteiger partial charge in [0.2, 0.25) is 5.91 Å². The molecule has 0 atom stereocenters. The van der Waals surface area contributed by atoms with Gasteiger partial charge in [-0.1, -0.05) is 25.1 Å². The zero-order chi connectivity index (χ0) is 15.3. The quantitative estimate of drug-likeness (QED) is 0.861. The van der Waals surface area contributed by atoms with Crippen LogP contribution in [-0.4, -0.2) is 37.6 Å². The second-order valence-electron chi connectivity index (χ2n) is 5.19. The smallest absolute Gasteiger partial charge is 0.332 e. The Kier molecular flexibility index (Phi) is 6.84. The fraction of sp³-hybridized carbons (Fsp3) is 0.500. The number of esters is 1. The number of piperidine rings is 1. The molecule has 1 fully saturated rings. The first-order chi connectivity index (χ1) is 10.2. The lowest BCUT2D eigenvalue weighted by Gasteiger charge is -2.44. The molecule has 1 aromatic rings. The predicted octanol–water partition coefficient (Wildman–Crippen LogP) is 2.15. The largest absolute Gasteiger partial charge is 0.467 e. The summed E-state index contributed by atoms with van der Waals surface area (Å²) in [6.45, 7) is 3.19. The number of rotatable bonds is 4. The van der Waals surface area contributed by atoms with Crippen LogP contribution in [0.2, 0.25) is 0 Å². The van der Waals surface area contributed by atoms with Gasteiger partial charge in [0.1, 0.15) is 5.54 Å². The number of benzene rings is 1. The molecule has 0 aromatic heterocycles. The molecule has 1 heterocycles. The number of hydrogen-bond donors (Lipinski definition) is 1. The highest BCUT2D eigenvalue weighted by molar-refractivity contribution is 6.02. The van der Waals surface area contributed by atoms with Gasteiger partial charge in [0.05, 0.1) is 7.11 Å². The van der Waals surface area contributed by atoms with E-state index in [0.717, 1.165) is 5.69 Å². The maximum atomic E-state index is 12.5. The third-order valence-corrected chi connectivity index (χ3v) is 3.99. The topological polar surface area (TPSA) is 58.6 Å². The molecular weight excluding hydrogens is 304 g/mol. The van der Waals surface area contributed by atoms with E-state index >= 15 is 0 Å². The van der Waals surface area contributed by atoms with Crippen molar-refractivity contribution < 1.29 is 14.3 Å². The number of ether oxygens (including phenoxy) is 1. The molecule has 122 valence electrons. The van der Waals surface area contributed by atoms with E-state index in [1.54, 1.807) is 4.90 Å². The number of methoxy groups -OCH3 is 1. The van der Waals surface area contributed by atoms with Crippen molar-refractivity contribution in [2.75, 3.05) is 25.1 Å². The molecule has 1 aromatic carbocycles. The molecule has 22 heavy (non-hydrogen) atoms. The van der Waals surface area contributed by atoms with Gasteiger partial charge in [-0.15, -0.1) is 12.4 Å². The van der Waals surface area contributed by atoms with Gasteiger partial charge in [-0.2, -0.15) is 0 Å². The van der Waals surface area contributed by atoms with E-state index < -0.39 is 5.54 Å². The summed E-state index contributed by atoms with van der Waals surface area (Å²) in [4.78, 5) is 26.7. The van der Waals surface area contributed by atoms with Crippen molar-refractivity contribution in [2.45, 2.75) is 31.7 Å². The van der Waals surface area contributed by atoms with Gasteiger partial charge in [0.15, 0.2) is 0 Å². The molecule has 1 N–H and O–H groups in total. The third kappa shape index (κ3) is 3.42. The van der Waals surface area contributed by atoms with Gasteiger partial charge in [-0.3, -0.25) is 9.69 Å². The lowest BCUT2D eigenvalue weighted by atomic mass is 9.85. The van der Waals surface area contributed by atoms with Gasteiger partial charge < -0.3 is 10.1 Å². The Bertz CT molecular complexity index is 501. The molecule has 0 aliphatic carbocycles. The zero-order valence-corrected chi connectivity index (χ0v) is 13.8. The van der Waals surface area contributed by atoms with Gasteiger partial charge in [-0.05, 0) is 38.1 Å². The lowest BCUT2D eigenvalue weighted by Crippen LogP contribution is -2.62. The Hall–Kier alpha value is -1.59. The Morgan fingerprint density at radius 2 is 1.82 bits per heavy atom. The van der Waals surface area contributed by atoms with E-state index in [1.807, 2.05) is 37.3 Å². The standard InChI is InChI=1S/C16H22N2O3.ClH/c1-3-14(19)18(13-7-5-4-6-8-13)16(15(20)21-2)9-11-17-12-10-16;/h4-8,17H,3,9-12H2,1-2H3;1H.